The lowest BCUT2D eigenvalue weighted by Gasteiger charge is -2.17. The molecule has 0 saturated carbocycles. The summed E-state index contributed by atoms with van der Waals surface area (Å²) in [5.41, 5.74) is 1.88. The molecule has 0 bridgehead atoms. The van der Waals surface area contributed by atoms with E-state index in [1.807, 2.05) is 0 Å². The van der Waals surface area contributed by atoms with Crippen molar-refractivity contribution in [2.45, 2.75) is 19.4 Å². The number of hydrogen-bond donors (Lipinski definition) is 3. The third kappa shape index (κ3) is 3.52. The molecule has 0 aliphatic carbocycles. The van der Waals surface area contributed by atoms with Crippen LogP contribution < -0.4 is 5.32 Å². The van der Waals surface area contributed by atoms with E-state index in [4.69, 9.17) is 23.2 Å². The van der Waals surface area contributed by atoms with Crippen LogP contribution in [0.25, 0.3) is 22.6 Å². The predicted octanol–water partition coefficient (Wildman–Crippen LogP) is 4.69. The van der Waals surface area contributed by atoms with E-state index < -0.39 is 5.60 Å². The number of aliphatic hydroxyl groups is 1. The number of aromatic nitrogens is 5. The zero-order chi connectivity index (χ0) is 19.9. The van der Waals surface area contributed by atoms with E-state index in [0.29, 0.717) is 44.1 Å². The summed E-state index contributed by atoms with van der Waals surface area (Å²) in [6, 6.07) is 8.81. The molecule has 0 radical (unpaired) electrons. The van der Waals surface area contributed by atoms with Crippen LogP contribution in [0, 0.1) is 0 Å². The van der Waals surface area contributed by atoms with E-state index in [0.717, 1.165) is 5.69 Å². The van der Waals surface area contributed by atoms with Gasteiger partial charge in [0, 0.05) is 11.9 Å². The quantitative estimate of drug-likeness (QED) is 0.447. The topological polar surface area (TPSA) is 99.6 Å². The highest BCUT2D eigenvalue weighted by Crippen LogP contribution is 2.34. The smallest absolute Gasteiger partial charge is 0.183 e. The second kappa shape index (κ2) is 7.01. The lowest BCUT2D eigenvalue weighted by Crippen LogP contribution is -2.17. The number of anilines is 2. The van der Waals surface area contributed by atoms with Crippen molar-refractivity contribution < 1.29 is 5.11 Å². The molecule has 0 saturated heterocycles. The largest absolute Gasteiger partial charge is 0.384 e. The van der Waals surface area contributed by atoms with Crippen molar-refractivity contribution in [2.24, 2.45) is 0 Å². The SMILES string of the molecule is CC(C)(O)c1cc(Nc2ncnc3nc(-c4c(Cl)cccc4Cl)[nH]c23)ccn1. The molecular formula is C19H16Cl2N6O. The molecule has 0 fully saturated rings. The number of nitrogens with one attached hydrogen (secondary N) is 2. The Morgan fingerprint density at radius 2 is 1.82 bits per heavy atom. The summed E-state index contributed by atoms with van der Waals surface area (Å²) in [5.74, 6) is 1.03. The zero-order valence-corrected chi connectivity index (χ0v) is 16.5. The summed E-state index contributed by atoms with van der Waals surface area (Å²) >= 11 is 12.6. The second-order valence-corrected chi connectivity index (χ2v) is 7.53. The zero-order valence-electron chi connectivity index (χ0n) is 15.0. The van der Waals surface area contributed by atoms with Gasteiger partial charge in [0.05, 0.1) is 21.3 Å². The van der Waals surface area contributed by atoms with Crippen LogP contribution in [0.15, 0.2) is 42.9 Å². The van der Waals surface area contributed by atoms with E-state index in [9.17, 15) is 5.11 Å². The Morgan fingerprint density at radius 1 is 1.07 bits per heavy atom. The maximum absolute atomic E-state index is 10.2. The fourth-order valence-corrected chi connectivity index (χ4v) is 3.32. The first-order valence-corrected chi connectivity index (χ1v) is 9.19. The van der Waals surface area contributed by atoms with Crippen molar-refractivity contribution in [3.63, 3.8) is 0 Å². The van der Waals surface area contributed by atoms with Gasteiger partial charge in [-0.25, -0.2) is 15.0 Å². The summed E-state index contributed by atoms with van der Waals surface area (Å²) in [4.78, 5) is 20.4. The normalized spacial score (nSPS) is 11.8. The van der Waals surface area contributed by atoms with Gasteiger partial charge < -0.3 is 15.4 Å². The molecule has 3 aromatic heterocycles. The van der Waals surface area contributed by atoms with Crippen molar-refractivity contribution in [3.8, 4) is 11.4 Å². The number of pyridine rings is 1. The fraction of sp³-hybridized carbons (Fsp3) is 0.158. The molecule has 3 N–H and O–H groups in total. The molecule has 3 heterocycles. The van der Waals surface area contributed by atoms with Crippen LogP contribution in [-0.2, 0) is 5.60 Å². The van der Waals surface area contributed by atoms with Crippen LogP contribution in [-0.4, -0.2) is 30.0 Å². The molecule has 0 amide bonds. The Hall–Kier alpha value is -2.74. The first kappa shape index (κ1) is 18.6. The molecule has 28 heavy (non-hydrogen) atoms. The van der Waals surface area contributed by atoms with E-state index in [-0.39, 0.29) is 0 Å². The lowest BCUT2D eigenvalue weighted by molar-refractivity contribution is 0.0739. The Kier molecular flexibility index (Phi) is 4.66. The molecule has 0 aliphatic heterocycles. The van der Waals surface area contributed by atoms with Gasteiger partial charge in [-0.3, -0.25) is 4.98 Å². The maximum Gasteiger partial charge on any atom is 0.183 e. The summed E-state index contributed by atoms with van der Waals surface area (Å²) in [7, 11) is 0. The van der Waals surface area contributed by atoms with E-state index in [1.54, 1.807) is 50.4 Å². The highest BCUT2D eigenvalue weighted by molar-refractivity contribution is 6.39. The van der Waals surface area contributed by atoms with Crippen LogP contribution in [0.2, 0.25) is 10.0 Å². The van der Waals surface area contributed by atoms with Gasteiger partial charge in [0.1, 0.15) is 23.3 Å². The van der Waals surface area contributed by atoms with Crippen LogP contribution in [0.5, 0.6) is 0 Å². The van der Waals surface area contributed by atoms with E-state index >= 15 is 0 Å². The Balaban J connectivity index is 1.77. The number of nitrogens with zero attached hydrogens (tertiary/aromatic N) is 4. The van der Waals surface area contributed by atoms with Gasteiger partial charge >= 0.3 is 0 Å². The van der Waals surface area contributed by atoms with Crippen molar-refractivity contribution in [3.05, 3.63) is 58.6 Å². The van der Waals surface area contributed by atoms with Gasteiger partial charge in [-0.1, -0.05) is 29.3 Å². The number of hydrogen-bond acceptors (Lipinski definition) is 6. The number of rotatable bonds is 4. The number of H-pyrrole nitrogens is 1. The molecule has 1 aromatic carbocycles. The first-order chi connectivity index (χ1) is 13.3. The van der Waals surface area contributed by atoms with Gasteiger partial charge in [-0.15, -0.1) is 0 Å². The van der Waals surface area contributed by atoms with Crippen LogP contribution in [0.1, 0.15) is 19.5 Å². The summed E-state index contributed by atoms with van der Waals surface area (Å²) in [6.45, 7) is 3.35. The van der Waals surface area contributed by atoms with Crippen LogP contribution in [0.4, 0.5) is 11.5 Å². The molecular weight excluding hydrogens is 399 g/mol. The van der Waals surface area contributed by atoms with Crippen molar-refractivity contribution in [1.29, 1.82) is 0 Å². The molecule has 0 atom stereocenters. The monoisotopic (exact) mass is 414 g/mol. The molecule has 9 heteroatoms. The van der Waals surface area contributed by atoms with E-state index in [1.165, 1.54) is 6.33 Å². The Morgan fingerprint density at radius 3 is 2.54 bits per heavy atom. The first-order valence-electron chi connectivity index (χ1n) is 8.44. The van der Waals surface area contributed by atoms with Crippen molar-refractivity contribution in [2.75, 3.05) is 5.32 Å². The molecule has 0 aliphatic rings. The summed E-state index contributed by atoms with van der Waals surface area (Å²) in [6.07, 6.45) is 3.04. The van der Waals surface area contributed by atoms with Gasteiger partial charge in [0.2, 0.25) is 0 Å². The molecule has 142 valence electrons. The average Bonchev–Trinajstić information content (AvgIpc) is 3.06. The van der Waals surface area contributed by atoms with Crippen LogP contribution >= 0.6 is 23.2 Å². The Labute approximate surface area is 170 Å². The van der Waals surface area contributed by atoms with Gasteiger partial charge in [-0.2, -0.15) is 0 Å². The third-order valence-corrected chi connectivity index (χ3v) is 4.77. The van der Waals surface area contributed by atoms with Crippen molar-refractivity contribution >= 4 is 45.9 Å². The van der Waals surface area contributed by atoms with Gasteiger partial charge in [-0.05, 0) is 38.1 Å². The number of aromatic amines is 1. The third-order valence-electron chi connectivity index (χ3n) is 4.14. The number of benzene rings is 1. The standard InChI is InChI=1S/C19H16Cl2N6O/c1-19(2,28)13-8-10(6-7-22-13)25-17-15-18(24-9-23-17)27-16(26-15)14-11(20)4-3-5-12(14)21/h3-9,28H,1-2H3,(H2,22,23,24,25,26,27). The predicted molar refractivity (Wildman–Crippen MR) is 110 cm³/mol. The summed E-state index contributed by atoms with van der Waals surface area (Å²) in [5, 5.41) is 14.4. The minimum Gasteiger partial charge on any atom is -0.384 e. The second-order valence-electron chi connectivity index (χ2n) is 6.72. The average molecular weight is 415 g/mol. The summed E-state index contributed by atoms with van der Waals surface area (Å²) < 4.78 is 0. The minimum atomic E-state index is -1.05. The van der Waals surface area contributed by atoms with Gasteiger partial charge in [0.15, 0.2) is 11.5 Å². The molecule has 4 aromatic rings. The van der Waals surface area contributed by atoms with Crippen molar-refractivity contribution in [1.82, 2.24) is 24.9 Å². The maximum atomic E-state index is 10.2. The molecule has 0 spiro atoms. The van der Waals surface area contributed by atoms with Crippen LogP contribution in [0.3, 0.4) is 0 Å². The molecule has 7 nitrogen and oxygen atoms in total. The fourth-order valence-electron chi connectivity index (χ4n) is 2.75. The Bertz CT molecular complexity index is 1150. The lowest BCUT2D eigenvalue weighted by atomic mass is 10.0. The highest BCUT2D eigenvalue weighted by atomic mass is 35.5. The number of halogens is 2. The molecule has 4 rings (SSSR count). The van der Waals surface area contributed by atoms with E-state index in [2.05, 4.69) is 30.2 Å². The highest BCUT2D eigenvalue weighted by Gasteiger charge is 2.19. The number of fused-ring (bicyclic) bond motifs is 1. The molecule has 0 unspecified atom stereocenters. The van der Waals surface area contributed by atoms with Gasteiger partial charge in [0.25, 0.3) is 0 Å². The number of imidazole rings is 1. The minimum absolute atomic E-state index is 0.472.